The van der Waals surface area contributed by atoms with Gasteiger partial charge < -0.3 is 5.11 Å². The molecule has 0 aliphatic carbocycles. The summed E-state index contributed by atoms with van der Waals surface area (Å²) in [7, 11) is 0. The van der Waals surface area contributed by atoms with Gasteiger partial charge in [0.25, 0.3) is 0 Å². The highest BCUT2D eigenvalue weighted by molar-refractivity contribution is 5.77. The van der Waals surface area contributed by atoms with Crippen molar-refractivity contribution in [2.24, 2.45) is 0 Å². The molecule has 5 heteroatoms. The van der Waals surface area contributed by atoms with Gasteiger partial charge in [-0.15, -0.1) is 0 Å². The van der Waals surface area contributed by atoms with E-state index in [1.54, 1.807) is 0 Å². The van der Waals surface area contributed by atoms with Crippen molar-refractivity contribution < 1.29 is 23.1 Å². The number of aliphatic carboxylic acids is 1. The van der Waals surface area contributed by atoms with Crippen LogP contribution in [0.4, 0.5) is 13.2 Å². The Morgan fingerprint density at radius 3 is 2.07 bits per heavy atom. The number of carboxylic acid groups (broad SMARTS) is 1. The van der Waals surface area contributed by atoms with Gasteiger partial charge in [-0.2, -0.15) is 13.2 Å². The number of hydrogen-bond acceptors (Lipinski definition) is 1. The van der Waals surface area contributed by atoms with Crippen molar-refractivity contribution in [2.45, 2.75) is 12.1 Å². The van der Waals surface area contributed by atoms with E-state index >= 15 is 0 Å². The summed E-state index contributed by atoms with van der Waals surface area (Å²) in [6, 6.07) is 6.56. The number of halogens is 3. The third kappa shape index (κ3) is 2.25. The lowest BCUT2D eigenvalue weighted by Gasteiger charge is -2.15. The van der Waals surface area contributed by atoms with Gasteiger partial charge in [-0.25, -0.2) is 0 Å². The molecule has 1 N–H and O–H groups in total. The molecule has 0 amide bonds. The van der Waals surface area contributed by atoms with Gasteiger partial charge >= 0.3 is 12.1 Å². The highest BCUT2D eigenvalue weighted by Crippen LogP contribution is 2.34. The maximum atomic E-state index is 12.3. The Hall–Kier alpha value is -1.52. The van der Waals surface area contributed by atoms with Crippen LogP contribution in [0.1, 0.15) is 11.5 Å². The van der Waals surface area contributed by atoms with Crippen LogP contribution in [-0.2, 0) is 4.79 Å². The molecule has 0 heterocycles. The number of hydrogen-bond donors (Lipinski definition) is 1. The van der Waals surface area contributed by atoms with Gasteiger partial charge in [0, 0.05) is 0 Å². The predicted octanol–water partition coefficient (Wildman–Crippen LogP) is 2.42. The van der Waals surface area contributed by atoms with Crippen molar-refractivity contribution >= 4 is 5.97 Å². The predicted molar refractivity (Wildman–Crippen MR) is 42.9 cm³/mol. The second-order valence-electron chi connectivity index (χ2n) is 2.72. The monoisotopic (exact) mass is 204 g/mol. The average Bonchev–Trinajstić information content (AvgIpc) is 2.02. The Morgan fingerprint density at radius 1 is 1.21 bits per heavy atom. The largest absolute Gasteiger partial charge is 0.481 e. The van der Waals surface area contributed by atoms with Crippen molar-refractivity contribution in [3.63, 3.8) is 0 Å². The first-order valence-corrected chi connectivity index (χ1v) is 3.77. The number of rotatable bonds is 2. The summed E-state index contributed by atoms with van der Waals surface area (Å²) in [6.07, 6.45) is -4.76. The molecule has 0 saturated carbocycles. The summed E-state index contributed by atoms with van der Waals surface area (Å²) in [5, 5.41) is 8.44. The molecule has 1 aromatic rings. The third-order valence-corrected chi connectivity index (χ3v) is 1.71. The molecule has 0 unspecified atom stereocenters. The van der Waals surface area contributed by atoms with Gasteiger partial charge in [0.15, 0.2) is 5.92 Å². The van der Waals surface area contributed by atoms with Crippen LogP contribution < -0.4 is 0 Å². The standard InChI is InChI=1S/C9H7F3O2/c10-9(11,12)7(8(13)14)6-4-2-1-3-5-6/h1-5,7H,(H,13,14)/t7-/m0/s1. The van der Waals surface area contributed by atoms with Gasteiger partial charge in [0.1, 0.15) is 0 Å². The molecule has 0 radical (unpaired) electrons. The van der Waals surface area contributed by atoms with Gasteiger partial charge in [-0.3, -0.25) is 4.79 Å². The zero-order valence-corrected chi connectivity index (χ0v) is 6.95. The van der Waals surface area contributed by atoms with Crippen molar-refractivity contribution in [3.05, 3.63) is 35.9 Å². The molecular formula is C9H7F3O2. The highest BCUT2D eigenvalue weighted by Gasteiger charge is 2.46. The Bertz CT molecular complexity index is 319. The van der Waals surface area contributed by atoms with Gasteiger partial charge in [-0.1, -0.05) is 30.3 Å². The Balaban J connectivity index is 3.08. The summed E-state index contributed by atoms with van der Waals surface area (Å²) in [5.41, 5.74) is -0.257. The second kappa shape index (κ2) is 3.69. The molecule has 0 aliphatic heterocycles. The van der Waals surface area contributed by atoms with E-state index in [1.807, 2.05) is 0 Å². The fraction of sp³-hybridized carbons (Fsp3) is 0.222. The summed E-state index contributed by atoms with van der Waals surface area (Å²) < 4.78 is 36.8. The second-order valence-corrected chi connectivity index (χ2v) is 2.72. The van der Waals surface area contributed by atoms with Crippen molar-refractivity contribution in [3.8, 4) is 0 Å². The molecule has 0 saturated heterocycles. The number of carboxylic acids is 1. The van der Waals surface area contributed by atoms with E-state index in [2.05, 4.69) is 0 Å². The SMILES string of the molecule is O=C(O)[C@H](c1ccccc1)C(F)(F)F. The number of benzene rings is 1. The van der Waals surface area contributed by atoms with Crippen LogP contribution >= 0.6 is 0 Å². The fourth-order valence-corrected chi connectivity index (χ4v) is 1.12. The molecule has 2 nitrogen and oxygen atoms in total. The molecule has 0 spiro atoms. The maximum absolute atomic E-state index is 12.3. The van der Waals surface area contributed by atoms with E-state index in [1.165, 1.54) is 18.2 Å². The average molecular weight is 204 g/mol. The topological polar surface area (TPSA) is 37.3 Å². The van der Waals surface area contributed by atoms with E-state index in [9.17, 15) is 18.0 Å². The first kappa shape index (κ1) is 10.6. The lowest BCUT2D eigenvalue weighted by molar-refractivity contribution is -0.176. The molecule has 1 atom stereocenters. The minimum absolute atomic E-state index is 0.257. The molecule has 0 bridgehead atoms. The Morgan fingerprint density at radius 2 is 1.71 bits per heavy atom. The Labute approximate surface area is 78.0 Å². The summed E-state index contributed by atoms with van der Waals surface area (Å²) >= 11 is 0. The summed E-state index contributed by atoms with van der Waals surface area (Å²) in [5.74, 6) is -4.33. The quantitative estimate of drug-likeness (QED) is 0.803. The number of alkyl halides is 3. The minimum atomic E-state index is -4.76. The smallest absolute Gasteiger partial charge is 0.406 e. The summed E-state index contributed by atoms with van der Waals surface area (Å²) in [4.78, 5) is 10.4. The zero-order chi connectivity index (χ0) is 10.8. The zero-order valence-electron chi connectivity index (χ0n) is 6.95. The lowest BCUT2D eigenvalue weighted by Crippen LogP contribution is -2.28. The number of carbonyl (C=O) groups is 1. The Kier molecular flexibility index (Phi) is 2.78. The van der Waals surface area contributed by atoms with Crippen LogP contribution in [0.5, 0.6) is 0 Å². The van der Waals surface area contributed by atoms with E-state index in [4.69, 9.17) is 5.11 Å². The van der Waals surface area contributed by atoms with Crippen LogP contribution in [0, 0.1) is 0 Å². The molecule has 0 aromatic heterocycles. The van der Waals surface area contributed by atoms with Gasteiger partial charge in [-0.05, 0) is 5.56 Å². The molecular weight excluding hydrogens is 197 g/mol. The fourth-order valence-electron chi connectivity index (χ4n) is 1.12. The maximum Gasteiger partial charge on any atom is 0.406 e. The normalized spacial score (nSPS) is 13.6. The van der Waals surface area contributed by atoms with Crippen LogP contribution in [0.15, 0.2) is 30.3 Å². The molecule has 14 heavy (non-hydrogen) atoms. The molecule has 1 rings (SSSR count). The lowest BCUT2D eigenvalue weighted by atomic mass is 9.99. The van der Waals surface area contributed by atoms with Crippen LogP contribution in [-0.4, -0.2) is 17.3 Å². The van der Waals surface area contributed by atoms with Crippen LogP contribution in [0.2, 0.25) is 0 Å². The molecule has 76 valence electrons. The highest BCUT2D eigenvalue weighted by atomic mass is 19.4. The van der Waals surface area contributed by atoms with Crippen LogP contribution in [0.25, 0.3) is 0 Å². The molecule has 1 aromatic carbocycles. The van der Waals surface area contributed by atoms with Crippen LogP contribution in [0.3, 0.4) is 0 Å². The first-order chi connectivity index (χ1) is 6.43. The third-order valence-electron chi connectivity index (χ3n) is 1.71. The summed E-state index contributed by atoms with van der Waals surface area (Å²) in [6.45, 7) is 0. The van der Waals surface area contributed by atoms with Crippen molar-refractivity contribution in [2.75, 3.05) is 0 Å². The van der Waals surface area contributed by atoms with E-state index in [0.717, 1.165) is 12.1 Å². The van der Waals surface area contributed by atoms with Gasteiger partial charge in [0.05, 0.1) is 0 Å². The van der Waals surface area contributed by atoms with Crippen molar-refractivity contribution in [1.29, 1.82) is 0 Å². The van der Waals surface area contributed by atoms with Crippen molar-refractivity contribution in [1.82, 2.24) is 0 Å². The molecule has 0 aliphatic rings. The first-order valence-electron chi connectivity index (χ1n) is 3.77. The van der Waals surface area contributed by atoms with E-state index in [-0.39, 0.29) is 5.56 Å². The molecule has 0 fully saturated rings. The van der Waals surface area contributed by atoms with E-state index < -0.39 is 18.1 Å². The van der Waals surface area contributed by atoms with Gasteiger partial charge in [0.2, 0.25) is 0 Å². The minimum Gasteiger partial charge on any atom is -0.481 e. The van der Waals surface area contributed by atoms with E-state index in [0.29, 0.717) is 0 Å².